The van der Waals surface area contributed by atoms with E-state index in [1.165, 1.54) is 6.07 Å². The number of piperidine rings is 1. The maximum atomic E-state index is 13.2. The average molecular weight is 409 g/mol. The number of carbonyl (C=O) groups is 1. The number of nitro groups is 1. The number of nitrogens with zero attached hydrogens (tertiary/aromatic N) is 4. The highest BCUT2D eigenvalue weighted by Gasteiger charge is 2.35. The molecule has 158 valence electrons. The van der Waals surface area contributed by atoms with E-state index in [0.717, 1.165) is 63.7 Å². The molecule has 1 aromatic carbocycles. The number of hydrogen-bond acceptors (Lipinski definition) is 5. The molecule has 1 amide bonds. The Morgan fingerprint density at radius 1 is 0.967 bits per heavy atom. The van der Waals surface area contributed by atoms with Gasteiger partial charge in [-0.15, -0.1) is 0 Å². The van der Waals surface area contributed by atoms with Crippen molar-refractivity contribution >= 4 is 17.4 Å². The summed E-state index contributed by atoms with van der Waals surface area (Å²) < 4.78 is 0. The maximum Gasteiger partial charge on any atom is 0.311 e. The van der Waals surface area contributed by atoms with E-state index in [-0.39, 0.29) is 22.6 Å². The second kappa shape index (κ2) is 9.24. The molecule has 1 aromatic heterocycles. The Labute approximate surface area is 176 Å². The third-order valence-electron chi connectivity index (χ3n) is 6.43. The topological polar surface area (TPSA) is 79.6 Å². The molecule has 7 nitrogen and oxygen atoms in total. The van der Waals surface area contributed by atoms with Crippen molar-refractivity contribution in [1.29, 1.82) is 0 Å². The zero-order chi connectivity index (χ0) is 20.9. The van der Waals surface area contributed by atoms with Gasteiger partial charge in [0.05, 0.1) is 4.92 Å². The lowest BCUT2D eigenvalue weighted by Gasteiger charge is -2.41. The van der Waals surface area contributed by atoms with E-state index < -0.39 is 0 Å². The number of aromatic nitrogens is 1. The summed E-state index contributed by atoms with van der Waals surface area (Å²) >= 11 is 0. The Morgan fingerprint density at radius 3 is 2.47 bits per heavy atom. The molecule has 7 heteroatoms. The fraction of sp³-hybridized carbons (Fsp3) is 0.478. The predicted molar refractivity (Wildman–Crippen MR) is 116 cm³/mol. The van der Waals surface area contributed by atoms with Gasteiger partial charge in [0.2, 0.25) is 5.82 Å². The van der Waals surface area contributed by atoms with Crippen LogP contribution in [0.25, 0.3) is 0 Å². The first-order chi connectivity index (χ1) is 14.6. The Morgan fingerprint density at radius 2 is 1.73 bits per heavy atom. The SMILES string of the molecule is O=C(c1ccccc1)N1CCCCCC1C1CCN(c2ncccc2[N+](=O)[O-])CC1. The van der Waals surface area contributed by atoms with Gasteiger partial charge in [0.1, 0.15) is 0 Å². The summed E-state index contributed by atoms with van der Waals surface area (Å²) in [5.74, 6) is 0.999. The van der Waals surface area contributed by atoms with Crippen LogP contribution in [0, 0.1) is 16.0 Å². The maximum absolute atomic E-state index is 13.2. The van der Waals surface area contributed by atoms with Gasteiger partial charge in [0, 0.05) is 43.5 Å². The van der Waals surface area contributed by atoms with Crippen LogP contribution in [0.2, 0.25) is 0 Å². The number of pyridine rings is 1. The van der Waals surface area contributed by atoms with Gasteiger partial charge in [-0.2, -0.15) is 0 Å². The van der Waals surface area contributed by atoms with E-state index in [0.29, 0.717) is 11.7 Å². The molecule has 0 spiro atoms. The van der Waals surface area contributed by atoms with Crippen molar-refractivity contribution in [2.45, 2.75) is 44.6 Å². The molecule has 3 heterocycles. The lowest BCUT2D eigenvalue weighted by molar-refractivity contribution is -0.384. The van der Waals surface area contributed by atoms with Crippen molar-refractivity contribution in [3.05, 3.63) is 64.3 Å². The van der Waals surface area contributed by atoms with E-state index in [1.54, 1.807) is 12.3 Å². The monoisotopic (exact) mass is 408 g/mol. The van der Waals surface area contributed by atoms with Crippen LogP contribution in [-0.4, -0.2) is 46.4 Å². The Hall–Kier alpha value is -2.96. The lowest BCUT2D eigenvalue weighted by Crippen LogP contribution is -2.48. The molecule has 2 aliphatic heterocycles. The first-order valence-corrected chi connectivity index (χ1v) is 10.9. The van der Waals surface area contributed by atoms with Crippen molar-refractivity contribution in [2.75, 3.05) is 24.5 Å². The molecule has 4 rings (SSSR count). The summed E-state index contributed by atoms with van der Waals surface area (Å²) in [5.41, 5.74) is 0.817. The molecule has 2 aliphatic rings. The molecule has 0 radical (unpaired) electrons. The smallest absolute Gasteiger partial charge is 0.311 e. The zero-order valence-corrected chi connectivity index (χ0v) is 17.2. The second-order valence-electron chi connectivity index (χ2n) is 8.21. The van der Waals surface area contributed by atoms with Crippen LogP contribution >= 0.6 is 0 Å². The number of amides is 1. The van der Waals surface area contributed by atoms with E-state index in [1.807, 2.05) is 35.2 Å². The summed E-state index contributed by atoms with van der Waals surface area (Å²) in [7, 11) is 0. The molecular formula is C23H28N4O3. The minimum absolute atomic E-state index is 0.0614. The van der Waals surface area contributed by atoms with Crippen LogP contribution in [-0.2, 0) is 0 Å². The second-order valence-corrected chi connectivity index (χ2v) is 8.21. The largest absolute Gasteiger partial charge is 0.351 e. The van der Waals surface area contributed by atoms with E-state index in [2.05, 4.69) is 9.88 Å². The number of benzene rings is 1. The van der Waals surface area contributed by atoms with Gasteiger partial charge in [0.25, 0.3) is 5.91 Å². The number of hydrogen-bond donors (Lipinski definition) is 0. The van der Waals surface area contributed by atoms with Gasteiger partial charge in [-0.1, -0.05) is 31.0 Å². The highest BCUT2D eigenvalue weighted by Crippen LogP contribution is 2.34. The molecular weight excluding hydrogens is 380 g/mol. The summed E-state index contributed by atoms with van der Waals surface area (Å²) in [6, 6.07) is 12.9. The first kappa shape index (κ1) is 20.3. The van der Waals surface area contributed by atoms with Crippen LogP contribution in [0.3, 0.4) is 0 Å². The van der Waals surface area contributed by atoms with Crippen LogP contribution in [0.1, 0.15) is 48.9 Å². The fourth-order valence-corrected chi connectivity index (χ4v) is 4.89. The molecule has 30 heavy (non-hydrogen) atoms. The van der Waals surface area contributed by atoms with Crippen molar-refractivity contribution in [3.63, 3.8) is 0 Å². The van der Waals surface area contributed by atoms with Gasteiger partial charge in [-0.25, -0.2) is 4.98 Å². The van der Waals surface area contributed by atoms with Crippen LogP contribution < -0.4 is 4.90 Å². The number of rotatable bonds is 4. The van der Waals surface area contributed by atoms with Crippen LogP contribution in [0.15, 0.2) is 48.7 Å². The zero-order valence-electron chi connectivity index (χ0n) is 17.2. The molecule has 1 atom stereocenters. The van der Waals surface area contributed by atoms with Gasteiger partial charge in [-0.3, -0.25) is 14.9 Å². The third kappa shape index (κ3) is 4.30. The normalized spacial score (nSPS) is 20.6. The van der Waals surface area contributed by atoms with Crippen molar-refractivity contribution in [2.24, 2.45) is 5.92 Å². The first-order valence-electron chi connectivity index (χ1n) is 10.9. The number of carbonyl (C=O) groups excluding carboxylic acids is 1. The fourth-order valence-electron chi connectivity index (χ4n) is 4.89. The highest BCUT2D eigenvalue weighted by molar-refractivity contribution is 5.94. The molecule has 0 N–H and O–H groups in total. The highest BCUT2D eigenvalue weighted by atomic mass is 16.6. The van der Waals surface area contributed by atoms with Crippen molar-refractivity contribution in [1.82, 2.24) is 9.88 Å². The van der Waals surface area contributed by atoms with Gasteiger partial charge in [0.15, 0.2) is 0 Å². The Balaban J connectivity index is 1.48. The molecule has 2 fully saturated rings. The summed E-state index contributed by atoms with van der Waals surface area (Å²) in [6.45, 7) is 2.27. The van der Waals surface area contributed by atoms with E-state index >= 15 is 0 Å². The molecule has 2 aromatic rings. The summed E-state index contributed by atoms with van der Waals surface area (Å²) in [4.78, 5) is 32.6. The third-order valence-corrected chi connectivity index (χ3v) is 6.43. The van der Waals surface area contributed by atoms with Crippen molar-refractivity contribution < 1.29 is 9.72 Å². The lowest BCUT2D eigenvalue weighted by atomic mass is 9.85. The van der Waals surface area contributed by atoms with Crippen LogP contribution in [0.5, 0.6) is 0 Å². The molecule has 0 saturated carbocycles. The standard InChI is InChI=1S/C23H28N4O3/c28-23(19-8-3-1-4-9-19)26-15-6-2-5-10-20(26)18-12-16-25(17-13-18)22-21(27(29)30)11-7-14-24-22/h1,3-4,7-9,11,14,18,20H,2,5-6,10,12-13,15-17H2. The van der Waals surface area contributed by atoms with Gasteiger partial charge in [-0.05, 0) is 49.8 Å². The minimum Gasteiger partial charge on any atom is -0.351 e. The number of likely N-dealkylation sites (tertiary alicyclic amines) is 1. The summed E-state index contributed by atoms with van der Waals surface area (Å²) in [5, 5.41) is 11.4. The molecule has 2 saturated heterocycles. The van der Waals surface area contributed by atoms with Gasteiger partial charge >= 0.3 is 5.69 Å². The van der Waals surface area contributed by atoms with Crippen LogP contribution in [0.4, 0.5) is 11.5 Å². The number of anilines is 1. The molecule has 0 aliphatic carbocycles. The average Bonchev–Trinajstić information content (AvgIpc) is 3.05. The van der Waals surface area contributed by atoms with E-state index in [4.69, 9.17) is 0 Å². The Kier molecular flexibility index (Phi) is 6.26. The summed E-state index contributed by atoms with van der Waals surface area (Å²) in [6.07, 6.45) is 7.83. The minimum atomic E-state index is -0.361. The van der Waals surface area contributed by atoms with Crippen molar-refractivity contribution in [3.8, 4) is 0 Å². The molecule has 1 unspecified atom stereocenters. The Bertz CT molecular complexity index is 881. The van der Waals surface area contributed by atoms with Gasteiger partial charge < -0.3 is 9.80 Å². The quantitative estimate of drug-likeness (QED) is 0.557. The predicted octanol–water partition coefficient (Wildman–Crippen LogP) is 4.29. The van der Waals surface area contributed by atoms with E-state index in [9.17, 15) is 14.9 Å². The molecule has 0 bridgehead atoms.